The van der Waals surface area contributed by atoms with Gasteiger partial charge in [-0.25, -0.2) is 14.3 Å². The number of hydrogen-bond acceptors (Lipinski definition) is 5. The molecule has 0 radical (unpaired) electrons. The van der Waals surface area contributed by atoms with E-state index in [1.165, 1.54) is 10.7 Å². The van der Waals surface area contributed by atoms with Crippen molar-refractivity contribution in [1.29, 1.82) is 0 Å². The van der Waals surface area contributed by atoms with Gasteiger partial charge in [0.25, 0.3) is 5.56 Å². The van der Waals surface area contributed by atoms with Crippen molar-refractivity contribution in [3.63, 3.8) is 0 Å². The first kappa shape index (κ1) is 13.7. The summed E-state index contributed by atoms with van der Waals surface area (Å²) in [6.07, 6.45) is 4.87. The molecular weight excluding hydrogens is 284 g/mol. The minimum absolute atomic E-state index is 0.204. The lowest BCUT2D eigenvalue weighted by atomic mass is 10.4. The monoisotopic (exact) mass is 296 g/mol. The van der Waals surface area contributed by atoms with Crippen molar-refractivity contribution in [2.24, 2.45) is 0 Å². The number of hydrogen-bond donors (Lipinski definition) is 1. The van der Waals surface area contributed by atoms with E-state index >= 15 is 0 Å². The van der Waals surface area contributed by atoms with E-state index in [1.807, 2.05) is 0 Å². The number of amides is 1. The van der Waals surface area contributed by atoms with Gasteiger partial charge in [0, 0.05) is 24.7 Å². The zero-order valence-corrected chi connectivity index (χ0v) is 11.5. The van der Waals surface area contributed by atoms with Crippen LogP contribution in [-0.4, -0.2) is 30.5 Å². The molecule has 0 bridgehead atoms. The largest absolute Gasteiger partial charge is 0.309 e. The molecule has 0 fully saturated rings. The van der Waals surface area contributed by atoms with Gasteiger partial charge in [0.2, 0.25) is 5.91 Å². The van der Waals surface area contributed by atoms with Crippen molar-refractivity contribution in [1.82, 2.24) is 24.5 Å². The lowest BCUT2D eigenvalue weighted by Gasteiger charge is -2.07. The number of nitrogens with one attached hydrogen (secondary N) is 1. The van der Waals surface area contributed by atoms with E-state index in [9.17, 15) is 9.59 Å². The summed E-state index contributed by atoms with van der Waals surface area (Å²) in [5, 5.41) is 10.8. The lowest BCUT2D eigenvalue weighted by Crippen LogP contribution is -2.30. The third-order valence-electron chi connectivity index (χ3n) is 2.82. The molecule has 1 amide bonds. The molecule has 0 saturated heterocycles. The van der Waals surface area contributed by atoms with E-state index in [4.69, 9.17) is 0 Å². The number of carbonyl (C=O) groups excluding carboxylic acids is 1. The summed E-state index contributed by atoms with van der Waals surface area (Å²) < 4.78 is 2.59. The third kappa shape index (κ3) is 3.06. The minimum Gasteiger partial charge on any atom is -0.309 e. The third-order valence-corrected chi connectivity index (χ3v) is 2.82. The maximum Gasteiger partial charge on any atom is 0.267 e. The first-order chi connectivity index (χ1) is 10.7. The molecule has 0 unspecified atom stereocenters. The van der Waals surface area contributed by atoms with Crippen molar-refractivity contribution in [3.8, 4) is 5.82 Å². The van der Waals surface area contributed by atoms with Crippen LogP contribution in [-0.2, 0) is 11.3 Å². The zero-order valence-electron chi connectivity index (χ0n) is 11.5. The smallest absolute Gasteiger partial charge is 0.267 e. The van der Waals surface area contributed by atoms with Crippen molar-refractivity contribution in [2.45, 2.75) is 6.54 Å². The molecule has 0 aromatic carbocycles. The first-order valence-corrected chi connectivity index (χ1v) is 6.51. The molecule has 3 rings (SSSR count). The highest BCUT2D eigenvalue weighted by molar-refractivity contribution is 5.89. The molecule has 3 aromatic rings. The second kappa shape index (κ2) is 6.00. The molecule has 3 heterocycles. The summed E-state index contributed by atoms with van der Waals surface area (Å²) in [6.45, 7) is -0.204. The highest BCUT2D eigenvalue weighted by atomic mass is 16.2. The van der Waals surface area contributed by atoms with E-state index in [-0.39, 0.29) is 18.0 Å². The highest BCUT2D eigenvalue weighted by Gasteiger charge is 2.08. The van der Waals surface area contributed by atoms with E-state index in [0.29, 0.717) is 11.6 Å². The van der Waals surface area contributed by atoms with Gasteiger partial charge in [-0.3, -0.25) is 9.59 Å². The fraction of sp³-hybridized carbons (Fsp3) is 0.0714. The summed E-state index contributed by atoms with van der Waals surface area (Å²) in [5.74, 6) is 0.491. The normalized spacial score (nSPS) is 10.4. The Morgan fingerprint density at radius 3 is 2.77 bits per heavy atom. The molecule has 8 nitrogen and oxygen atoms in total. The number of aromatic nitrogens is 5. The number of anilines is 1. The van der Waals surface area contributed by atoms with Crippen LogP contribution in [0, 0.1) is 0 Å². The molecule has 3 aromatic heterocycles. The Balaban J connectivity index is 1.78. The number of pyridine rings is 1. The average Bonchev–Trinajstić information content (AvgIpc) is 3.05. The molecule has 22 heavy (non-hydrogen) atoms. The van der Waals surface area contributed by atoms with E-state index in [0.717, 1.165) is 4.68 Å². The van der Waals surface area contributed by atoms with Gasteiger partial charge in [-0.1, -0.05) is 6.07 Å². The van der Waals surface area contributed by atoms with Crippen LogP contribution in [0.2, 0.25) is 0 Å². The molecule has 0 aliphatic rings. The predicted octanol–water partition coefficient (Wildman–Crippen LogP) is 0.463. The Labute approximate surface area is 125 Å². The fourth-order valence-corrected chi connectivity index (χ4v) is 1.83. The molecule has 0 spiro atoms. The number of rotatable bonds is 4. The van der Waals surface area contributed by atoms with Gasteiger partial charge in [-0.2, -0.15) is 5.10 Å². The Bertz CT molecular complexity index is 826. The van der Waals surface area contributed by atoms with Crippen LogP contribution in [0.4, 0.5) is 5.82 Å². The summed E-state index contributed by atoms with van der Waals surface area (Å²) >= 11 is 0. The Hall–Kier alpha value is -3.29. The van der Waals surface area contributed by atoms with E-state index in [2.05, 4.69) is 20.5 Å². The summed E-state index contributed by atoms with van der Waals surface area (Å²) in [7, 11) is 0. The van der Waals surface area contributed by atoms with Crippen LogP contribution in [0.5, 0.6) is 0 Å². The maximum atomic E-state index is 12.0. The van der Waals surface area contributed by atoms with E-state index in [1.54, 1.807) is 48.9 Å². The molecule has 1 N–H and O–H groups in total. The zero-order chi connectivity index (χ0) is 15.4. The van der Waals surface area contributed by atoms with Crippen LogP contribution >= 0.6 is 0 Å². The molecule has 0 aliphatic heterocycles. The van der Waals surface area contributed by atoms with Gasteiger partial charge in [-0.05, 0) is 24.3 Å². The molecule has 8 heteroatoms. The van der Waals surface area contributed by atoms with Crippen molar-refractivity contribution in [2.75, 3.05) is 5.32 Å². The Kier molecular flexibility index (Phi) is 3.73. The fourth-order valence-electron chi connectivity index (χ4n) is 1.83. The van der Waals surface area contributed by atoms with Crippen molar-refractivity contribution < 1.29 is 4.79 Å². The van der Waals surface area contributed by atoms with Gasteiger partial charge in [-0.15, -0.1) is 5.10 Å². The van der Waals surface area contributed by atoms with Gasteiger partial charge in [0.05, 0.1) is 0 Å². The van der Waals surface area contributed by atoms with Crippen LogP contribution in [0.25, 0.3) is 5.82 Å². The number of nitrogens with zero attached hydrogens (tertiary/aromatic N) is 5. The molecular formula is C14H12N6O2. The van der Waals surface area contributed by atoms with Gasteiger partial charge in [0.1, 0.15) is 12.4 Å². The van der Waals surface area contributed by atoms with Crippen LogP contribution in [0.15, 0.2) is 59.8 Å². The molecule has 0 atom stereocenters. The summed E-state index contributed by atoms with van der Waals surface area (Å²) in [6, 6.07) is 9.79. The van der Waals surface area contributed by atoms with Crippen LogP contribution in [0.3, 0.4) is 0 Å². The van der Waals surface area contributed by atoms with E-state index < -0.39 is 0 Å². The minimum atomic E-state index is -0.383. The molecule has 0 saturated carbocycles. The van der Waals surface area contributed by atoms with Crippen molar-refractivity contribution >= 4 is 11.7 Å². The maximum absolute atomic E-state index is 12.0. The molecule has 0 aliphatic carbocycles. The van der Waals surface area contributed by atoms with Crippen molar-refractivity contribution in [3.05, 3.63) is 65.3 Å². The summed E-state index contributed by atoms with van der Waals surface area (Å²) in [4.78, 5) is 27.7. The van der Waals surface area contributed by atoms with Gasteiger partial charge < -0.3 is 5.32 Å². The van der Waals surface area contributed by atoms with Gasteiger partial charge in [0.15, 0.2) is 5.82 Å². The highest BCUT2D eigenvalue weighted by Crippen LogP contribution is 2.01. The van der Waals surface area contributed by atoms with Crippen LogP contribution < -0.4 is 10.9 Å². The van der Waals surface area contributed by atoms with Crippen LogP contribution in [0.1, 0.15) is 0 Å². The SMILES string of the molecule is O=C(Cn1nc(-n2cccn2)ccc1=O)Nc1ccccn1. The standard InChI is InChI=1S/C14H12N6O2/c21-13(17-11-4-1-2-7-15-11)10-20-14(22)6-5-12(18-20)19-9-3-8-16-19/h1-9H,10H2,(H,15,17,21). The number of carbonyl (C=O) groups is 1. The lowest BCUT2D eigenvalue weighted by molar-refractivity contribution is -0.117. The van der Waals surface area contributed by atoms with Gasteiger partial charge >= 0.3 is 0 Å². The topological polar surface area (TPSA) is 94.7 Å². The molecule has 110 valence electrons. The Morgan fingerprint density at radius 2 is 2.05 bits per heavy atom. The summed E-state index contributed by atoms with van der Waals surface area (Å²) in [5.41, 5.74) is -0.368. The average molecular weight is 296 g/mol. The quantitative estimate of drug-likeness (QED) is 0.755. The first-order valence-electron chi connectivity index (χ1n) is 6.51. The second-order valence-corrected chi connectivity index (χ2v) is 4.40. The second-order valence-electron chi connectivity index (χ2n) is 4.40. The predicted molar refractivity (Wildman–Crippen MR) is 78.5 cm³/mol. The Morgan fingerprint density at radius 1 is 1.14 bits per heavy atom.